The first kappa shape index (κ1) is 21.8. The van der Waals surface area contributed by atoms with Crippen LogP contribution in [0.5, 0.6) is 5.75 Å². The molecule has 0 fully saturated rings. The van der Waals surface area contributed by atoms with E-state index in [4.69, 9.17) is 21.4 Å². The van der Waals surface area contributed by atoms with Gasteiger partial charge in [0.25, 0.3) is 5.91 Å². The van der Waals surface area contributed by atoms with E-state index in [0.717, 1.165) is 11.3 Å². The molecule has 0 atom stereocenters. The van der Waals surface area contributed by atoms with Crippen molar-refractivity contribution in [2.75, 3.05) is 17.2 Å². The molecule has 2 amide bonds. The summed E-state index contributed by atoms with van der Waals surface area (Å²) in [5, 5.41) is 8.36. The number of nitrogens with one attached hydrogen (secondary N) is 3. The molecule has 3 aromatic rings. The maximum atomic E-state index is 12.1. The van der Waals surface area contributed by atoms with E-state index in [1.54, 1.807) is 42.5 Å². The molecule has 7 nitrogen and oxygen atoms in total. The molecule has 2 aromatic carbocycles. The maximum absolute atomic E-state index is 12.1. The van der Waals surface area contributed by atoms with Crippen molar-refractivity contribution in [3.05, 3.63) is 84.3 Å². The van der Waals surface area contributed by atoms with Gasteiger partial charge in [-0.2, -0.15) is 0 Å². The van der Waals surface area contributed by atoms with Crippen LogP contribution in [0.2, 0.25) is 0 Å². The van der Waals surface area contributed by atoms with Crippen molar-refractivity contribution >= 4 is 46.6 Å². The van der Waals surface area contributed by atoms with Crippen molar-refractivity contribution in [3.63, 3.8) is 0 Å². The number of carbonyl (C=O) groups excluding carboxylic acids is 2. The maximum Gasteiger partial charge on any atom is 0.291 e. The lowest BCUT2D eigenvalue weighted by Crippen LogP contribution is -2.32. The Morgan fingerprint density at radius 1 is 1.03 bits per heavy atom. The fourth-order valence-electron chi connectivity index (χ4n) is 2.60. The summed E-state index contributed by atoms with van der Waals surface area (Å²) in [6.07, 6.45) is 4.50. The second-order valence-corrected chi connectivity index (χ2v) is 6.70. The van der Waals surface area contributed by atoms with E-state index in [9.17, 15) is 9.59 Å². The standard InChI is InChI=1S/C23H21N3O4S/c1-2-29-19-11-8-16(9-12-19)10-13-21(27)26-23(31)25-18-6-3-5-17(15-18)24-22(28)20-7-4-14-30-20/h3-15H,2H2,1H3,(H,24,28)(H2,25,26,27,31)/b13-10+. The summed E-state index contributed by atoms with van der Waals surface area (Å²) in [4.78, 5) is 24.2. The topological polar surface area (TPSA) is 92.6 Å². The van der Waals surface area contributed by atoms with E-state index in [1.807, 2.05) is 31.2 Å². The van der Waals surface area contributed by atoms with Crippen molar-refractivity contribution in [1.29, 1.82) is 0 Å². The average Bonchev–Trinajstić information content (AvgIpc) is 3.29. The molecule has 0 saturated carbocycles. The summed E-state index contributed by atoms with van der Waals surface area (Å²) in [6, 6.07) is 17.5. The van der Waals surface area contributed by atoms with Crippen LogP contribution in [0, 0.1) is 0 Å². The first-order valence-electron chi connectivity index (χ1n) is 9.51. The average molecular weight is 436 g/mol. The third-order valence-electron chi connectivity index (χ3n) is 3.98. The lowest BCUT2D eigenvalue weighted by molar-refractivity contribution is -0.115. The molecule has 3 N–H and O–H groups in total. The first-order chi connectivity index (χ1) is 15.0. The zero-order valence-corrected chi connectivity index (χ0v) is 17.6. The second-order valence-electron chi connectivity index (χ2n) is 6.29. The van der Waals surface area contributed by atoms with Gasteiger partial charge in [-0.3, -0.25) is 14.9 Å². The van der Waals surface area contributed by atoms with Crippen LogP contribution in [0.15, 0.2) is 77.4 Å². The molecule has 0 aliphatic rings. The van der Waals surface area contributed by atoms with Crippen molar-refractivity contribution < 1.29 is 18.7 Å². The quantitative estimate of drug-likeness (QED) is 0.375. The number of furan rings is 1. The fourth-order valence-corrected chi connectivity index (χ4v) is 2.82. The number of ether oxygens (including phenoxy) is 1. The number of rotatable bonds is 7. The zero-order chi connectivity index (χ0) is 22.1. The normalized spacial score (nSPS) is 10.5. The Morgan fingerprint density at radius 3 is 2.45 bits per heavy atom. The van der Waals surface area contributed by atoms with Crippen LogP contribution in [0.25, 0.3) is 6.08 Å². The van der Waals surface area contributed by atoms with Crippen molar-refractivity contribution in [2.45, 2.75) is 6.92 Å². The molecule has 1 heterocycles. The van der Waals surface area contributed by atoms with Gasteiger partial charge in [0.15, 0.2) is 10.9 Å². The van der Waals surface area contributed by atoms with Crippen LogP contribution in [0.1, 0.15) is 23.0 Å². The van der Waals surface area contributed by atoms with Gasteiger partial charge < -0.3 is 19.8 Å². The third kappa shape index (κ3) is 6.83. The number of carbonyl (C=O) groups is 2. The molecule has 0 aliphatic heterocycles. The van der Waals surface area contributed by atoms with Crippen LogP contribution >= 0.6 is 12.2 Å². The van der Waals surface area contributed by atoms with E-state index < -0.39 is 0 Å². The van der Waals surface area contributed by atoms with Gasteiger partial charge in [-0.25, -0.2) is 0 Å². The van der Waals surface area contributed by atoms with Crippen LogP contribution in [0.3, 0.4) is 0 Å². The molecule has 0 saturated heterocycles. The summed E-state index contributed by atoms with van der Waals surface area (Å²) in [7, 11) is 0. The lowest BCUT2D eigenvalue weighted by Gasteiger charge is -2.10. The molecule has 3 rings (SSSR count). The minimum Gasteiger partial charge on any atom is -0.494 e. The Bertz CT molecular complexity index is 1080. The minimum absolute atomic E-state index is 0.135. The summed E-state index contributed by atoms with van der Waals surface area (Å²) >= 11 is 5.19. The largest absolute Gasteiger partial charge is 0.494 e. The molecular formula is C23H21N3O4S. The van der Waals surface area contributed by atoms with Crippen molar-refractivity contribution in [2.24, 2.45) is 0 Å². The van der Waals surface area contributed by atoms with Crippen molar-refractivity contribution in [3.8, 4) is 5.75 Å². The Balaban J connectivity index is 1.51. The highest BCUT2D eigenvalue weighted by Crippen LogP contribution is 2.16. The highest BCUT2D eigenvalue weighted by molar-refractivity contribution is 7.80. The van der Waals surface area contributed by atoms with Crippen LogP contribution in [-0.2, 0) is 4.79 Å². The molecule has 0 spiro atoms. The minimum atomic E-state index is -0.367. The lowest BCUT2D eigenvalue weighted by atomic mass is 10.2. The van der Waals surface area contributed by atoms with Crippen molar-refractivity contribution in [1.82, 2.24) is 5.32 Å². The van der Waals surface area contributed by atoms with Crippen LogP contribution < -0.4 is 20.7 Å². The Labute approximate surface area is 185 Å². The van der Waals surface area contributed by atoms with Gasteiger partial charge in [0.2, 0.25) is 5.91 Å². The van der Waals surface area contributed by atoms with Gasteiger partial charge in [0.1, 0.15) is 5.75 Å². The van der Waals surface area contributed by atoms with Gasteiger partial charge >= 0.3 is 0 Å². The molecule has 0 radical (unpaired) electrons. The van der Waals surface area contributed by atoms with E-state index in [-0.39, 0.29) is 22.7 Å². The SMILES string of the molecule is CCOc1ccc(/C=C/C(=O)NC(=S)Nc2cccc(NC(=O)c3ccco3)c2)cc1. The second kappa shape index (κ2) is 10.7. The number of amides is 2. The fraction of sp³-hybridized carbons (Fsp3) is 0.0870. The van der Waals surface area contributed by atoms with Gasteiger partial charge in [0.05, 0.1) is 12.9 Å². The predicted molar refractivity (Wildman–Crippen MR) is 124 cm³/mol. The predicted octanol–water partition coefficient (Wildman–Crippen LogP) is 4.46. The number of anilines is 2. The molecule has 31 heavy (non-hydrogen) atoms. The third-order valence-corrected chi connectivity index (χ3v) is 4.18. The molecule has 1 aromatic heterocycles. The van der Waals surface area contributed by atoms with E-state index >= 15 is 0 Å². The molecule has 0 unspecified atom stereocenters. The molecule has 158 valence electrons. The summed E-state index contributed by atoms with van der Waals surface area (Å²) in [5.41, 5.74) is 2.02. The van der Waals surface area contributed by atoms with Crippen LogP contribution in [0.4, 0.5) is 11.4 Å². The zero-order valence-electron chi connectivity index (χ0n) is 16.8. The van der Waals surface area contributed by atoms with E-state index in [0.29, 0.717) is 18.0 Å². The molecule has 8 heteroatoms. The molecule has 0 bridgehead atoms. The summed E-state index contributed by atoms with van der Waals surface area (Å²) in [6.45, 7) is 2.52. The number of hydrogen-bond donors (Lipinski definition) is 3. The number of benzene rings is 2. The summed E-state index contributed by atoms with van der Waals surface area (Å²) in [5.74, 6) is 0.253. The molecular weight excluding hydrogens is 414 g/mol. The van der Waals surface area contributed by atoms with Gasteiger partial charge in [-0.15, -0.1) is 0 Å². The summed E-state index contributed by atoms with van der Waals surface area (Å²) < 4.78 is 10.5. The Morgan fingerprint density at radius 2 is 1.77 bits per heavy atom. The van der Waals surface area contributed by atoms with Gasteiger partial charge in [-0.1, -0.05) is 18.2 Å². The highest BCUT2D eigenvalue weighted by atomic mass is 32.1. The van der Waals surface area contributed by atoms with Gasteiger partial charge in [-0.05, 0) is 73.2 Å². The van der Waals surface area contributed by atoms with Crippen LogP contribution in [-0.4, -0.2) is 23.5 Å². The Kier molecular flexibility index (Phi) is 7.56. The number of hydrogen-bond acceptors (Lipinski definition) is 5. The first-order valence-corrected chi connectivity index (χ1v) is 9.92. The Hall–Kier alpha value is -3.91. The van der Waals surface area contributed by atoms with E-state index in [2.05, 4.69) is 16.0 Å². The molecule has 0 aliphatic carbocycles. The monoisotopic (exact) mass is 435 g/mol. The smallest absolute Gasteiger partial charge is 0.291 e. The highest BCUT2D eigenvalue weighted by Gasteiger charge is 2.09. The number of thiocarbonyl (C=S) groups is 1. The van der Waals surface area contributed by atoms with E-state index in [1.165, 1.54) is 12.3 Å². The van der Waals surface area contributed by atoms with Gasteiger partial charge in [0, 0.05) is 17.5 Å².